The van der Waals surface area contributed by atoms with Gasteiger partial charge in [0.05, 0.1) is 12.1 Å². The molecule has 1 aliphatic carbocycles. The van der Waals surface area contributed by atoms with E-state index in [1.54, 1.807) is 0 Å². The predicted molar refractivity (Wildman–Crippen MR) is 161 cm³/mol. The number of benzene rings is 1. The number of ether oxygens (including phenoxy) is 3. The van der Waals surface area contributed by atoms with Crippen LogP contribution in [0.1, 0.15) is 52.9 Å². The Bertz CT molecular complexity index is 1320. The molecule has 7 rings (SSSR count). The summed E-state index contributed by atoms with van der Waals surface area (Å²) in [6, 6.07) is 7.80. The van der Waals surface area contributed by atoms with Crippen molar-refractivity contribution < 1.29 is 43.8 Å². The first kappa shape index (κ1) is 32.8. The minimum absolute atomic E-state index is 0.199. The van der Waals surface area contributed by atoms with Gasteiger partial charge < -0.3 is 35.1 Å². The Morgan fingerprint density at radius 2 is 1.86 bits per heavy atom. The van der Waals surface area contributed by atoms with Gasteiger partial charge in [0.15, 0.2) is 18.2 Å². The monoisotopic (exact) mass is 635 g/mol. The van der Waals surface area contributed by atoms with E-state index in [1.165, 1.54) is 6.42 Å². The van der Waals surface area contributed by atoms with Gasteiger partial charge in [-0.25, -0.2) is 19.4 Å². The zero-order valence-corrected chi connectivity index (χ0v) is 26.0. The van der Waals surface area contributed by atoms with Crippen LogP contribution in [-0.4, -0.2) is 77.3 Å². The third kappa shape index (κ3) is 6.81. The summed E-state index contributed by atoms with van der Waals surface area (Å²) in [5.41, 5.74) is 1.44. The fourth-order valence-electron chi connectivity index (χ4n) is 7.15. The molecule has 13 heteroatoms. The van der Waals surface area contributed by atoms with Crippen molar-refractivity contribution in [1.82, 2.24) is 10.3 Å². The Morgan fingerprint density at radius 3 is 2.64 bits per heavy atom. The van der Waals surface area contributed by atoms with E-state index in [2.05, 4.69) is 29.5 Å². The molecule has 1 spiro atoms. The first-order valence-electron chi connectivity index (χ1n) is 15.3. The van der Waals surface area contributed by atoms with Gasteiger partial charge in [-0.1, -0.05) is 25.4 Å². The SMILES string of the molecule is C[C@@H]1CCC2[C@@H](C)[C@@H](OCCNCCCNc3ccnc4cc(Cl)ccc34)O[C@@H]3O[C@]4(C)CCC1[C@@]23OO4.O=C(O)C(=O)O. The third-order valence-corrected chi connectivity index (χ3v) is 9.63. The number of pyridine rings is 1. The van der Waals surface area contributed by atoms with E-state index in [-0.39, 0.29) is 18.1 Å². The van der Waals surface area contributed by atoms with Crippen LogP contribution in [0.2, 0.25) is 5.02 Å². The van der Waals surface area contributed by atoms with E-state index in [9.17, 15) is 0 Å². The smallest absolute Gasteiger partial charge is 0.414 e. The highest BCUT2D eigenvalue weighted by atomic mass is 35.5. The zero-order valence-electron chi connectivity index (χ0n) is 25.3. The zero-order chi connectivity index (χ0) is 31.5. The van der Waals surface area contributed by atoms with Gasteiger partial charge >= 0.3 is 11.9 Å². The van der Waals surface area contributed by atoms with Crippen molar-refractivity contribution in [1.29, 1.82) is 0 Å². The number of aliphatic carboxylic acids is 2. The van der Waals surface area contributed by atoms with Gasteiger partial charge in [0.2, 0.25) is 5.79 Å². The predicted octanol–water partition coefficient (Wildman–Crippen LogP) is 4.66. The number of anilines is 1. The summed E-state index contributed by atoms with van der Waals surface area (Å²) in [6.45, 7) is 9.63. The summed E-state index contributed by atoms with van der Waals surface area (Å²) in [6.07, 6.45) is 6.16. The van der Waals surface area contributed by atoms with E-state index in [1.807, 2.05) is 37.4 Å². The van der Waals surface area contributed by atoms with Gasteiger partial charge in [-0.05, 0) is 75.3 Å². The van der Waals surface area contributed by atoms with Crippen LogP contribution >= 0.6 is 11.6 Å². The summed E-state index contributed by atoms with van der Waals surface area (Å²) in [5.74, 6) is -2.99. The van der Waals surface area contributed by atoms with Crippen LogP contribution in [0.5, 0.6) is 0 Å². The van der Waals surface area contributed by atoms with Crippen molar-refractivity contribution in [2.45, 2.75) is 76.8 Å². The van der Waals surface area contributed by atoms with Crippen LogP contribution in [0, 0.1) is 23.7 Å². The largest absolute Gasteiger partial charge is 0.473 e. The van der Waals surface area contributed by atoms with Crippen molar-refractivity contribution in [2.75, 3.05) is 31.6 Å². The minimum atomic E-state index is -1.82. The van der Waals surface area contributed by atoms with Crippen LogP contribution in [0.4, 0.5) is 5.69 Å². The van der Waals surface area contributed by atoms with E-state index in [4.69, 9.17) is 55.4 Å². The lowest BCUT2D eigenvalue weighted by Crippen LogP contribution is -2.70. The molecule has 4 aliphatic heterocycles. The number of hydrogen-bond donors (Lipinski definition) is 4. The maximum absolute atomic E-state index is 9.10. The van der Waals surface area contributed by atoms with E-state index >= 15 is 0 Å². The van der Waals surface area contributed by atoms with Gasteiger partial charge in [-0.3, -0.25) is 4.98 Å². The normalized spacial score (nSPS) is 33.9. The van der Waals surface area contributed by atoms with E-state index < -0.39 is 29.6 Å². The molecule has 2 bridgehead atoms. The Labute approximate surface area is 261 Å². The molecule has 2 unspecified atom stereocenters. The molecule has 0 radical (unpaired) electrons. The van der Waals surface area contributed by atoms with Crippen molar-refractivity contribution in [3.05, 3.63) is 35.5 Å². The first-order chi connectivity index (χ1) is 21.0. The summed E-state index contributed by atoms with van der Waals surface area (Å²) in [4.78, 5) is 34.7. The van der Waals surface area contributed by atoms with Crippen LogP contribution < -0.4 is 10.6 Å². The molecule has 2 aromatic rings. The Balaban J connectivity index is 0.000000584. The molecule has 1 saturated carbocycles. The molecule has 1 aromatic heterocycles. The van der Waals surface area contributed by atoms with Crippen molar-refractivity contribution in [3.8, 4) is 0 Å². The van der Waals surface area contributed by atoms with Crippen LogP contribution in [0.25, 0.3) is 10.9 Å². The van der Waals surface area contributed by atoms with Gasteiger partial charge in [0, 0.05) is 53.6 Å². The highest BCUT2D eigenvalue weighted by Crippen LogP contribution is 2.60. The Kier molecular flexibility index (Phi) is 10.3. The van der Waals surface area contributed by atoms with Crippen LogP contribution in [0.3, 0.4) is 0 Å². The van der Waals surface area contributed by atoms with Crippen molar-refractivity contribution in [3.63, 3.8) is 0 Å². The number of halogens is 1. The molecule has 0 amide bonds. The molecular weight excluding hydrogens is 594 g/mol. The van der Waals surface area contributed by atoms with Gasteiger partial charge in [0.25, 0.3) is 0 Å². The number of rotatable bonds is 9. The quantitative estimate of drug-likeness (QED) is 0.172. The number of nitrogens with zero attached hydrogens (tertiary/aromatic N) is 1. The van der Waals surface area contributed by atoms with Gasteiger partial charge in [0.1, 0.15) is 0 Å². The number of fused-ring (bicyclic) bond motifs is 3. The molecule has 5 fully saturated rings. The molecular formula is C31H42ClN3O9. The molecule has 5 heterocycles. The lowest BCUT2D eigenvalue weighted by Gasteiger charge is -2.60. The van der Waals surface area contributed by atoms with E-state index in [0.717, 1.165) is 61.9 Å². The number of carboxylic acids is 2. The molecule has 1 aromatic carbocycles. The van der Waals surface area contributed by atoms with E-state index in [0.29, 0.717) is 23.5 Å². The number of nitrogens with one attached hydrogen (secondary N) is 2. The fourth-order valence-corrected chi connectivity index (χ4v) is 7.31. The minimum Gasteiger partial charge on any atom is -0.473 e. The summed E-state index contributed by atoms with van der Waals surface area (Å²) < 4.78 is 19.2. The second-order valence-corrected chi connectivity index (χ2v) is 12.7. The highest BCUT2D eigenvalue weighted by molar-refractivity contribution is 6.31. The third-order valence-electron chi connectivity index (χ3n) is 9.39. The standard InChI is InChI=1S/C29H40ClN3O5.C2H2O4/c1-18-5-8-23-19(2)26(35-27-29(23)22(18)9-11-28(3,36-27)37-38-29)34-16-15-31-12-4-13-32-24-10-14-33-25-17-20(30)6-7-21(24)25;3-1(4)2(5)6/h6-7,10,14,17-19,22-23,26-27,31H,4-5,8-9,11-13,15-16H2,1-3H3,(H,32,33);(H,3,4)(H,5,6)/t18-,19-,22?,23?,26+,27-,28+,29-;/m1./s1. The van der Waals surface area contributed by atoms with Crippen LogP contribution in [0.15, 0.2) is 30.5 Å². The molecule has 12 nitrogen and oxygen atoms in total. The number of aromatic nitrogens is 1. The highest BCUT2D eigenvalue weighted by Gasteiger charge is 2.69. The Morgan fingerprint density at radius 1 is 1.07 bits per heavy atom. The van der Waals surface area contributed by atoms with Crippen molar-refractivity contribution >= 4 is 40.1 Å². The number of carboxylic acid groups (broad SMARTS) is 2. The number of hydrogen-bond acceptors (Lipinski definition) is 10. The van der Waals surface area contributed by atoms with Crippen LogP contribution in [-0.2, 0) is 33.6 Å². The lowest BCUT2D eigenvalue weighted by molar-refractivity contribution is -0.577. The summed E-state index contributed by atoms with van der Waals surface area (Å²) in [5, 5.41) is 23.6. The van der Waals surface area contributed by atoms with Gasteiger partial charge in [-0.2, -0.15) is 0 Å². The number of carbonyl (C=O) groups is 2. The second kappa shape index (κ2) is 13.8. The second-order valence-electron chi connectivity index (χ2n) is 12.3. The van der Waals surface area contributed by atoms with Gasteiger partial charge in [-0.15, -0.1) is 0 Å². The molecule has 5 aliphatic rings. The lowest BCUT2D eigenvalue weighted by atomic mass is 9.58. The average molecular weight is 636 g/mol. The Hall–Kier alpha value is -2.58. The molecule has 4 N–H and O–H groups in total. The fraction of sp³-hybridized carbons (Fsp3) is 0.645. The van der Waals surface area contributed by atoms with Crippen molar-refractivity contribution in [2.24, 2.45) is 23.7 Å². The molecule has 242 valence electrons. The summed E-state index contributed by atoms with van der Waals surface area (Å²) >= 11 is 6.10. The maximum atomic E-state index is 9.10. The first-order valence-corrected chi connectivity index (χ1v) is 15.7. The molecule has 44 heavy (non-hydrogen) atoms. The topological polar surface area (TPSA) is 158 Å². The average Bonchev–Trinajstić information content (AvgIpc) is 3.22. The molecule has 4 saturated heterocycles. The maximum Gasteiger partial charge on any atom is 0.414 e. The summed E-state index contributed by atoms with van der Waals surface area (Å²) in [7, 11) is 0. The molecule has 8 atom stereocenters.